The summed E-state index contributed by atoms with van der Waals surface area (Å²) in [5.74, 6) is 2.89. The number of rotatable bonds is 8. The van der Waals surface area contributed by atoms with E-state index in [0.717, 1.165) is 42.4 Å². The first kappa shape index (κ1) is 16.7. The van der Waals surface area contributed by atoms with Crippen molar-refractivity contribution in [2.24, 2.45) is 5.92 Å². The van der Waals surface area contributed by atoms with Crippen LogP contribution in [0.5, 0.6) is 0 Å². The van der Waals surface area contributed by atoms with E-state index in [1.165, 1.54) is 0 Å². The summed E-state index contributed by atoms with van der Waals surface area (Å²) in [6, 6.07) is 0.00699. The van der Waals surface area contributed by atoms with Crippen LogP contribution in [0.2, 0.25) is 0 Å². The van der Waals surface area contributed by atoms with Crippen molar-refractivity contribution < 1.29 is 5.11 Å². The Labute approximate surface area is 122 Å². The smallest absolute Gasteiger partial charge is 0.135 e. The van der Waals surface area contributed by atoms with Crippen molar-refractivity contribution in [3.63, 3.8) is 0 Å². The van der Waals surface area contributed by atoms with E-state index in [1.54, 1.807) is 0 Å². The van der Waals surface area contributed by atoms with Gasteiger partial charge in [-0.15, -0.1) is 0 Å². The maximum atomic E-state index is 9.47. The second-order valence-electron chi connectivity index (χ2n) is 5.42. The average Bonchev–Trinajstić information content (AvgIpc) is 2.40. The zero-order chi connectivity index (χ0) is 15.1. The molecule has 1 aromatic rings. The zero-order valence-corrected chi connectivity index (χ0v) is 13.3. The van der Waals surface area contributed by atoms with E-state index >= 15 is 0 Å². The highest BCUT2D eigenvalue weighted by atomic mass is 16.3. The molecule has 0 radical (unpaired) electrons. The lowest BCUT2D eigenvalue weighted by atomic mass is 10.1. The molecule has 0 spiro atoms. The van der Waals surface area contributed by atoms with Crippen LogP contribution in [0.15, 0.2) is 0 Å². The van der Waals surface area contributed by atoms with Crippen LogP contribution in [0.3, 0.4) is 0 Å². The lowest BCUT2D eigenvalue weighted by Crippen LogP contribution is -2.30. The molecule has 0 bridgehead atoms. The molecule has 0 aromatic carbocycles. The molecule has 1 atom stereocenters. The summed E-state index contributed by atoms with van der Waals surface area (Å²) in [5.41, 5.74) is 1.01. The van der Waals surface area contributed by atoms with E-state index in [0.29, 0.717) is 5.92 Å². The molecule has 114 valence electrons. The first-order valence-corrected chi connectivity index (χ1v) is 7.52. The molecular formula is C15H28N4O. The highest BCUT2D eigenvalue weighted by molar-refractivity contribution is 5.57. The predicted molar refractivity (Wildman–Crippen MR) is 84.3 cm³/mol. The Kier molecular flexibility index (Phi) is 6.71. The minimum atomic E-state index is 0.00699. The molecule has 1 heterocycles. The average molecular weight is 280 g/mol. The third-order valence-electron chi connectivity index (χ3n) is 3.33. The molecule has 0 fully saturated rings. The minimum absolute atomic E-state index is 0.00699. The SMILES string of the molecule is CCCc1nc(NCC)c(C)c(NC(CO)C(C)C)n1. The van der Waals surface area contributed by atoms with Crippen LogP contribution in [-0.2, 0) is 6.42 Å². The third kappa shape index (κ3) is 4.34. The van der Waals surface area contributed by atoms with Crippen molar-refractivity contribution in [3.8, 4) is 0 Å². The normalized spacial score (nSPS) is 12.6. The van der Waals surface area contributed by atoms with E-state index in [2.05, 4.69) is 48.3 Å². The second-order valence-corrected chi connectivity index (χ2v) is 5.42. The number of aliphatic hydroxyl groups excluding tert-OH is 1. The largest absolute Gasteiger partial charge is 0.394 e. The number of hydrogen-bond acceptors (Lipinski definition) is 5. The molecular weight excluding hydrogens is 252 g/mol. The van der Waals surface area contributed by atoms with Crippen LogP contribution in [-0.4, -0.2) is 34.3 Å². The molecule has 0 saturated carbocycles. The van der Waals surface area contributed by atoms with Gasteiger partial charge < -0.3 is 15.7 Å². The Morgan fingerprint density at radius 2 is 1.80 bits per heavy atom. The molecule has 1 unspecified atom stereocenters. The van der Waals surface area contributed by atoms with Gasteiger partial charge in [0.2, 0.25) is 0 Å². The minimum Gasteiger partial charge on any atom is -0.394 e. The Hall–Kier alpha value is -1.36. The summed E-state index contributed by atoms with van der Waals surface area (Å²) in [7, 11) is 0. The van der Waals surface area contributed by atoms with Gasteiger partial charge in [-0.2, -0.15) is 0 Å². The predicted octanol–water partition coefficient (Wildman–Crippen LogP) is 2.60. The zero-order valence-electron chi connectivity index (χ0n) is 13.3. The topological polar surface area (TPSA) is 70.1 Å². The molecule has 0 aliphatic rings. The van der Waals surface area contributed by atoms with Gasteiger partial charge >= 0.3 is 0 Å². The summed E-state index contributed by atoms with van der Waals surface area (Å²) in [4.78, 5) is 9.17. The van der Waals surface area contributed by atoms with Crippen molar-refractivity contribution >= 4 is 11.6 Å². The van der Waals surface area contributed by atoms with Gasteiger partial charge in [0.15, 0.2) is 0 Å². The first-order valence-electron chi connectivity index (χ1n) is 7.52. The number of aromatic nitrogens is 2. The van der Waals surface area contributed by atoms with E-state index in [9.17, 15) is 5.11 Å². The molecule has 0 aliphatic carbocycles. The second kappa shape index (κ2) is 8.04. The van der Waals surface area contributed by atoms with E-state index in [1.807, 2.05) is 6.92 Å². The fourth-order valence-electron chi connectivity index (χ4n) is 1.98. The molecule has 0 amide bonds. The van der Waals surface area contributed by atoms with Crippen LogP contribution < -0.4 is 10.6 Å². The van der Waals surface area contributed by atoms with Crippen molar-refractivity contribution in [1.82, 2.24) is 9.97 Å². The fourth-order valence-corrected chi connectivity index (χ4v) is 1.98. The lowest BCUT2D eigenvalue weighted by Gasteiger charge is -2.23. The molecule has 5 heteroatoms. The first-order chi connectivity index (χ1) is 9.53. The van der Waals surface area contributed by atoms with Gasteiger partial charge in [-0.25, -0.2) is 9.97 Å². The Bertz CT molecular complexity index is 421. The standard InChI is InChI=1S/C15H28N4O/c1-6-8-13-18-14(16-7-2)11(5)15(19-13)17-12(9-20)10(3)4/h10,12,20H,6-9H2,1-5H3,(H2,16,17,18,19). The molecule has 20 heavy (non-hydrogen) atoms. The molecule has 0 aliphatic heterocycles. The van der Waals surface area contributed by atoms with Gasteiger partial charge in [-0.05, 0) is 26.2 Å². The molecule has 1 aromatic heterocycles. The number of nitrogens with zero attached hydrogens (tertiary/aromatic N) is 2. The van der Waals surface area contributed by atoms with Crippen LogP contribution in [0, 0.1) is 12.8 Å². The Morgan fingerprint density at radius 1 is 1.15 bits per heavy atom. The quantitative estimate of drug-likeness (QED) is 0.683. The summed E-state index contributed by atoms with van der Waals surface area (Å²) in [5, 5.41) is 16.1. The molecule has 5 nitrogen and oxygen atoms in total. The van der Waals surface area contributed by atoms with Crippen LogP contribution in [0.25, 0.3) is 0 Å². The van der Waals surface area contributed by atoms with Crippen LogP contribution in [0.4, 0.5) is 11.6 Å². The number of anilines is 2. The fraction of sp³-hybridized carbons (Fsp3) is 0.733. The number of nitrogens with one attached hydrogen (secondary N) is 2. The van der Waals surface area contributed by atoms with Crippen molar-refractivity contribution in [2.45, 2.75) is 53.5 Å². The highest BCUT2D eigenvalue weighted by Gasteiger charge is 2.16. The van der Waals surface area contributed by atoms with Crippen molar-refractivity contribution in [3.05, 3.63) is 11.4 Å². The van der Waals surface area contributed by atoms with Gasteiger partial charge in [0, 0.05) is 18.5 Å². The molecule has 1 rings (SSSR count). The van der Waals surface area contributed by atoms with Gasteiger partial charge in [0.1, 0.15) is 17.5 Å². The summed E-state index contributed by atoms with van der Waals surface area (Å²) in [6.45, 7) is 11.3. The maximum Gasteiger partial charge on any atom is 0.135 e. The van der Waals surface area contributed by atoms with Gasteiger partial charge in [-0.3, -0.25) is 0 Å². The number of aliphatic hydroxyl groups is 1. The Morgan fingerprint density at radius 3 is 2.30 bits per heavy atom. The lowest BCUT2D eigenvalue weighted by molar-refractivity contribution is 0.249. The number of aryl methyl sites for hydroxylation is 1. The summed E-state index contributed by atoms with van der Waals surface area (Å²) >= 11 is 0. The van der Waals surface area contributed by atoms with Crippen molar-refractivity contribution in [2.75, 3.05) is 23.8 Å². The Balaban J connectivity index is 3.08. The van der Waals surface area contributed by atoms with Gasteiger partial charge in [0.05, 0.1) is 12.6 Å². The highest BCUT2D eigenvalue weighted by Crippen LogP contribution is 2.22. The maximum absolute atomic E-state index is 9.47. The monoisotopic (exact) mass is 280 g/mol. The molecule has 3 N–H and O–H groups in total. The van der Waals surface area contributed by atoms with Crippen LogP contribution in [0.1, 0.15) is 45.5 Å². The van der Waals surface area contributed by atoms with E-state index in [-0.39, 0.29) is 12.6 Å². The third-order valence-corrected chi connectivity index (χ3v) is 3.33. The molecule has 0 saturated heterocycles. The van der Waals surface area contributed by atoms with Gasteiger partial charge in [-0.1, -0.05) is 20.8 Å². The van der Waals surface area contributed by atoms with E-state index in [4.69, 9.17) is 0 Å². The summed E-state index contributed by atoms with van der Waals surface area (Å²) in [6.07, 6.45) is 1.88. The van der Waals surface area contributed by atoms with Gasteiger partial charge in [0.25, 0.3) is 0 Å². The van der Waals surface area contributed by atoms with E-state index < -0.39 is 0 Å². The number of hydrogen-bond donors (Lipinski definition) is 3. The van der Waals surface area contributed by atoms with Crippen molar-refractivity contribution in [1.29, 1.82) is 0 Å². The summed E-state index contributed by atoms with van der Waals surface area (Å²) < 4.78 is 0. The van der Waals surface area contributed by atoms with Crippen LogP contribution >= 0.6 is 0 Å².